The highest BCUT2D eigenvalue weighted by molar-refractivity contribution is 5.76. The van der Waals surface area contributed by atoms with E-state index in [9.17, 15) is 9.59 Å². The van der Waals surface area contributed by atoms with Gasteiger partial charge in [-0.25, -0.2) is 4.98 Å². The largest absolute Gasteiger partial charge is 0.348 e. The normalized spacial score (nSPS) is 16.9. The van der Waals surface area contributed by atoms with Gasteiger partial charge in [-0.1, -0.05) is 6.07 Å². The summed E-state index contributed by atoms with van der Waals surface area (Å²) in [6, 6.07) is 5.41. The van der Waals surface area contributed by atoms with Crippen molar-refractivity contribution in [2.24, 2.45) is 0 Å². The van der Waals surface area contributed by atoms with Crippen molar-refractivity contribution in [3.8, 4) is 0 Å². The van der Waals surface area contributed by atoms with Crippen molar-refractivity contribution < 1.29 is 4.79 Å². The number of aromatic nitrogens is 3. The summed E-state index contributed by atoms with van der Waals surface area (Å²) in [5, 5.41) is 0. The Kier molecular flexibility index (Phi) is 5.11. The van der Waals surface area contributed by atoms with E-state index >= 15 is 0 Å². The number of nitrogens with zero attached hydrogens (tertiary/aromatic N) is 4. The highest BCUT2D eigenvalue weighted by atomic mass is 16.2. The molecule has 1 amide bonds. The molecule has 1 atom stereocenters. The van der Waals surface area contributed by atoms with E-state index in [4.69, 9.17) is 0 Å². The molecule has 3 heterocycles. The third-order valence-electron chi connectivity index (χ3n) is 4.48. The first-order valence-corrected chi connectivity index (χ1v) is 8.48. The minimum atomic E-state index is -0.157. The Morgan fingerprint density at radius 2 is 2.28 bits per heavy atom. The van der Waals surface area contributed by atoms with E-state index in [0.717, 1.165) is 17.7 Å². The molecule has 25 heavy (non-hydrogen) atoms. The predicted molar refractivity (Wildman–Crippen MR) is 95.7 cm³/mol. The van der Waals surface area contributed by atoms with E-state index in [1.54, 1.807) is 23.4 Å². The van der Waals surface area contributed by atoms with E-state index in [2.05, 4.69) is 15.0 Å². The zero-order chi connectivity index (χ0) is 17.8. The van der Waals surface area contributed by atoms with Crippen LogP contribution in [0.1, 0.15) is 30.0 Å². The lowest BCUT2D eigenvalue weighted by molar-refractivity contribution is -0.130. The van der Waals surface area contributed by atoms with E-state index in [1.807, 2.05) is 31.1 Å². The Bertz CT molecular complexity index is 788. The van der Waals surface area contributed by atoms with Crippen LogP contribution >= 0.6 is 0 Å². The molecule has 2 aromatic rings. The van der Waals surface area contributed by atoms with Gasteiger partial charge < -0.3 is 9.80 Å². The van der Waals surface area contributed by atoms with Crippen molar-refractivity contribution in [1.29, 1.82) is 0 Å². The Balaban J connectivity index is 1.61. The lowest BCUT2D eigenvalue weighted by Gasteiger charge is -2.17. The number of aryl methyl sites for hydroxylation is 1. The zero-order valence-electron chi connectivity index (χ0n) is 14.6. The second kappa shape index (κ2) is 7.46. The van der Waals surface area contributed by atoms with Crippen LogP contribution in [0.4, 0.5) is 5.95 Å². The van der Waals surface area contributed by atoms with Crippen LogP contribution in [0.2, 0.25) is 0 Å². The summed E-state index contributed by atoms with van der Waals surface area (Å²) in [5.74, 6) is 0.802. The number of likely N-dealkylation sites (tertiary alicyclic amines) is 1. The van der Waals surface area contributed by atoms with Gasteiger partial charge in [0.25, 0.3) is 5.56 Å². The van der Waals surface area contributed by atoms with Crippen molar-refractivity contribution in [2.45, 2.75) is 25.2 Å². The fourth-order valence-electron chi connectivity index (χ4n) is 3.07. The second-order valence-electron chi connectivity index (χ2n) is 6.57. The van der Waals surface area contributed by atoms with Gasteiger partial charge in [0, 0.05) is 58.0 Å². The minimum absolute atomic E-state index is 0.114. The summed E-state index contributed by atoms with van der Waals surface area (Å²) < 4.78 is 0. The van der Waals surface area contributed by atoms with Gasteiger partial charge in [0.15, 0.2) is 0 Å². The number of rotatable bonds is 5. The molecule has 1 N–H and O–H groups in total. The van der Waals surface area contributed by atoms with Crippen LogP contribution in [-0.2, 0) is 11.2 Å². The number of anilines is 1. The topological polar surface area (TPSA) is 82.2 Å². The Morgan fingerprint density at radius 3 is 3.00 bits per heavy atom. The number of H-pyrrole nitrogens is 1. The SMILES string of the molecule is CN(C)c1nc(C2CCN(C(=O)CCc3cccnc3)C2)cc(=O)[nH]1. The number of carbonyl (C=O) groups excluding carboxylic acids is 1. The van der Waals surface area contributed by atoms with Gasteiger partial charge in [-0.2, -0.15) is 0 Å². The average Bonchev–Trinajstić information content (AvgIpc) is 3.10. The Labute approximate surface area is 146 Å². The average molecular weight is 341 g/mol. The molecular weight excluding hydrogens is 318 g/mol. The number of hydrogen-bond donors (Lipinski definition) is 1. The van der Waals surface area contributed by atoms with Crippen LogP contribution in [0.15, 0.2) is 35.4 Å². The molecule has 7 nitrogen and oxygen atoms in total. The quantitative estimate of drug-likeness (QED) is 0.883. The highest BCUT2D eigenvalue weighted by Gasteiger charge is 2.28. The summed E-state index contributed by atoms with van der Waals surface area (Å²) in [6.07, 6.45) is 5.53. The molecule has 1 fully saturated rings. The van der Waals surface area contributed by atoms with Crippen LogP contribution in [0.5, 0.6) is 0 Å². The van der Waals surface area contributed by atoms with Gasteiger partial charge in [0.2, 0.25) is 11.9 Å². The van der Waals surface area contributed by atoms with Crippen molar-refractivity contribution in [3.05, 3.63) is 52.2 Å². The van der Waals surface area contributed by atoms with E-state index < -0.39 is 0 Å². The zero-order valence-corrected chi connectivity index (χ0v) is 14.6. The summed E-state index contributed by atoms with van der Waals surface area (Å²) in [4.78, 5) is 39.2. The summed E-state index contributed by atoms with van der Waals surface area (Å²) >= 11 is 0. The molecule has 0 radical (unpaired) electrons. The molecule has 1 aliphatic rings. The van der Waals surface area contributed by atoms with Crippen molar-refractivity contribution in [3.63, 3.8) is 0 Å². The van der Waals surface area contributed by atoms with Crippen molar-refractivity contribution >= 4 is 11.9 Å². The van der Waals surface area contributed by atoms with Gasteiger partial charge in [-0.15, -0.1) is 0 Å². The maximum Gasteiger partial charge on any atom is 0.252 e. The molecule has 1 saturated heterocycles. The number of carbonyl (C=O) groups is 1. The van der Waals surface area contributed by atoms with Crippen molar-refractivity contribution in [1.82, 2.24) is 19.9 Å². The van der Waals surface area contributed by atoms with Crippen LogP contribution in [0.3, 0.4) is 0 Å². The molecule has 0 aromatic carbocycles. The number of pyridine rings is 1. The summed E-state index contributed by atoms with van der Waals surface area (Å²) in [7, 11) is 3.68. The smallest absolute Gasteiger partial charge is 0.252 e. The number of aromatic amines is 1. The van der Waals surface area contributed by atoms with Crippen LogP contribution < -0.4 is 10.5 Å². The number of nitrogens with one attached hydrogen (secondary N) is 1. The Hall–Kier alpha value is -2.70. The molecule has 0 bridgehead atoms. The van der Waals surface area contributed by atoms with Gasteiger partial charge in [-0.3, -0.25) is 19.6 Å². The minimum Gasteiger partial charge on any atom is -0.348 e. The predicted octanol–water partition coefficient (Wildman–Crippen LogP) is 1.18. The third-order valence-corrected chi connectivity index (χ3v) is 4.48. The van der Waals surface area contributed by atoms with Gasteiger partial charge in [0.1, 0.15) is 0 Å². The maximum absolute atomic E-state index is 12.4. The Morgan fingerprint density at radius 1 is 1.44 bits per heavy atom. The molecule has 2 aromatic heterocycles. The first kappa shape index (κ1) is 17.1. The summed E-state index contributed by atoms with van der Waals surface area (Å²) in [5.41, 5.74) is 1.67. The fourth-order valence-corrected chi connectivity index (χ4v) is 3.07. The molecule has 3 rings (SSSR count). The second-order valence-corrected chi connectivity index (χ2v) is 6.57. The number of amides is 1. The lowest BCUT2D eigenvalue weighted by atomic mass is 10.0. The first-order valence-electron chi connectivity index (χ1n) is 8.48. The lowest BCUT2D eigenvalue weighted by Crippen LogP contribution is -2.29. The molecular formula is C18H23N5O2. The molecule has 0 spiro atoms. The molecule has 0 aliphatic carbocycles. The van der Waals surface area contributed by atoms with Crippen molar-refractivity contribution in [2.75, 3.05) is 32.1 Å². The fraction of sp³-hybridized carbons (Fsp3) is 0.444. The van der Waals surface area contributed by atoms with E-state index in [0.29, 0.717) is 31.9 Å². The van der Waals surface area contributed by atoms with Crippen LogP contribution in [0, 0.1) is 0 Å². The molecule has 1 unspecified atom stereocenters. The number of hydrogen-bond acceptors (Lipinski definition) is 5. The van der Waals surface area contributed by atoms with Gasteiger partial charge >= 0.3 is 0 Å². The van der Waals surface area contributed by atoms with E-state index in [-0.39, 0.29) is 17.4 Å². The highest BCUT2D eigenvalue weighted by Crippen LogP contribution is 2.26. The molecule has 132 valence electrons. The van der Waals surface area contributed by atoms with Crippen LogP contribution in [0.25, 0.3) is 0 Å². The van der Waals surface area contributed by atoms with Crippen LogP contribution in [-0.4, -0.2) is 52.9 Å². The monoisotopic (exact) mass is 341 g/mol. The third kappa shape index (κ3) is 4.23. The van der Waals surface area contributed by atoms with Gasteiger partial charge in [0.05, 0.1) is 5.69 Å². The molecule has 0 saturated carbocycles. The van der Waals surface area contributed by atoms with E-state index in [1.165, 1.54) is 0 Å². The van der Waals surface area contributed by atoms with Gasteiger partial charge in [-0.05, 0) is 24.5 Å². The maximum atomic E-state index is 12.4. The standard InChI is InChI=1S/C18H23N5O2/c1-22(2)18-20-15(10-16(24)21-18)14-7-9-23(12-14)17(25)6-5-13-4-3-8-19-11-13/h3-4,8,10-11,14H,5-7,9,12H2,1-2H3,(H,20,21,24). The molecule has 7 heteroatoms. The summed E-state index contributed by atoms with van der Waals surface area (Å²) in [6.45, 7) is 1.33. The first-order chi connectivity index (χ1) is 12.0. The molecule has 1 aliphatic heterocycles.